The third kappa shape index (κ3) is 5.27. The fraction of sp³-hybridized carbons (Fsp3) is 0.577. The standard InChI is InChI=1S/C26H35N3O5/c1-33-17-19-9-6-12-29(19)24(30)16-28(15-18-7-4-3-5-8-18)26(32)25(31)22-14-27-23-13-20(34-2)10-11-21(22)23/h10-11,13-14,18-19,27H,3-9,12,15-17H2,1-2H3. The van der Waals surface area contributed by atoms with Crippen LogP contribution in [0.3, 0.4) is 0 Å². The number of nitrogens with one attached hydrogen (secondary N) is 1. The largest absolute Gasteiger partial charge is 0.497 e. The van der Waals surface area contributed by atoms with Crippen LogP contribution < -0.4 is 4.74 Å². The number of ether oxygens (including phenoxy) is 2. The molecule has 1 saturated carbocycles. The molecule has 0 spiro atoms. The number of carbonyl (C=O) groups excluding carboxylic acids is 3. The number of aromatic nitrogens is 1. The summed E-state index contributed by atoms with van der Waals surface area (Å²) in [5.41, 5.74) is 1.05. The minimum Gasteiger partial charge on any atom is -0.497 e. The second-order valence-electron chi connectivity index (χ2n) is 9.47. The second-order valence-corrected chi connectivity index (χ2v) is 9.47. The molecule has 1 N–H and O–H groups in total. The molecule has 184 valence electrons. The van der Waals surface area contributed by atoms with Crippen LogP contribution in [-0.4, -0.2) is 78.9 Å². The van der Waals surface area contributed by atoms with Crippen molar-refractivity contribution in [1.29, 1.82) is 0 Å². The number of likely N-dealkylation sites (tertiary alicyclic amines) is 1. The number of nitrogens with zero attached hydrogens (tertiary/aromatic N) is 2. The first-order chi connectivity index (χ1) is 16.5. The van der Waals surface area contributed by atoms with E-state index in [9.17, 15) is 14.4 Å². The van der Waals surface area contributed by atoms with E-state index in [0.717, 1.165) is 44.0 Å². The number of benzene rings is 1. The van der Waals surface area contributed by atoms with Crippen LogP contribution in [0.25, 0.3) is 10.9 Å². The highest BCUT2D eigenvalue weighted by Crippen LogP contribution is 2.27. The van der Waals surface area contributed by atoms with E-state index < -0.39 is 11.7 Å². The van der Waals surface area contributed by atoms with Gasteiger partial charge in [-0.25, -0.2) is 0 Å². The third-order valence-electron chi connectivity index (χ3n) is 7.20. The smallest absolute Gasteiger partial charge is 0.295 e. The fourth-order valence-electron chi connectivity index (χ4n) is 5.36. The van der Waals surface area contributed by atoms with Crippen LogP contribution in [0.4, 0.5) is 0 Å². The molecule has 2 aromatic rings. The van der Waals surface area contributed by atoms with Gasteiger partial charge in [-0.3, -0.25) is 14.4 Å². The summed E-state index contributed by atoms with van der Waals surface area (Å²) in [5.74, 6) is -0.326. The highest BCUT2D eigenvalue weighted by atomic mass is 16.5. The molecule has 2 amide bonds. The molecule has 2 heterocycles. The highest BCUT2D eigenvalue weighted by Gasteiger charge is 2.34. The molecule has 1 saturated heterocycles. The topological polar surface area (TPSA) is 91.9 Å². The number of H-pyrrole nitrogens is 1. The zero-order valence-corrected chi connectivity index (χ0v) is 20.2. The van der Waals surface area contributed by atoms with E-state index in [4.69, 9.17) is 9.47 Å². The van der Waals surface area contributed by atoms with Gasteiger partial charge in [0.05, 0.1) is 25.3 Å². The Morgan fingerprint density at radius 3 is 2.62 bits per heavy atom. The molecule has 1 aliphatic carbocycles. The SMILES string of the molecule is COCC1CCCN1C(=O)CN(CC1CCCCC1)C(=O)C(=O)c1c[nH]c2cc(OC)ccc12. The van der Waals surface area contributed by atoms with Crippen LogP contribution >= 0.6 is 0 Å². The summed E-state index contributed by atoms with van der Waals surface area (Å²) in [5, 5.41) is 0.669. The summed E-state index contributed by atoms with van der Waals surface area (Å²) in [6.07, 6.45) is 8.89. The van der Waals surface area contributed by atoms with Gasteiger partial charge in [0.2, 0.25) is 5.91 Å². The normalized spacial score (nSPS) is 18.9. The van der Waals surface area contributed by atoms with Gasteiger partial charge in [0.25, 0.3) is 11.7 Å². The van der Waals surface area contributed by atoms with Crippen molar-refractivity contribution in [3.8, 4) is 5.75 Å². The summed E-state index contributed by atoms with van der Waals surface area (Å²) in [6.45, 7) is 1.52. The van der Waals surface area contributed by atoms with Gasteiger partial charge in [0.1, 0.15) is 12.3 Å². The number of hydrogen-bond donors (Lipinski definition) is 1. The molecule has 0 bridgehead atoms. The molecule has 1 atom stereocenters. The summed E-state index contributed by atoms with van der Waals surface area (Å²) in [6, 6.07) is 5.37. The molecular weight excluding hydrogens is 434 g/mol. The van der Waals surface area contributed by atoms with E-state index in [1.54, 1.807) is 38.6 Å². The number of rotatable bonds is 9. The van der Waals surface area contributed by atoms with Crippen LogP contribution in [0.2, 0.25) is 0 Å². The maximum atomic E-state index is 13.5. The zero-order valence-electron chi connectivity index (χ0n) is 20.2. The summed E-state index contributed by atoms with van der Waals surface area (Å²) < 4.78 is 10.5. The van der Waals surface area contributed by atoms with Crippen molar-refractivity contribution in [3.05, 3.63) is 30.0 Å². The molecule has 8 heteroatoms. The molecule has 1 aromatic heterocycles. The molecule has 8 nitrogen and oxygen atoms in total. The number of fused-ring (bicyclic) bond motifs is 1. The molecule has 4 rings (SSSR count). The Balaban J connectivity index is 1.54. The second kappa shape index (κ2) is 11.0. The summed E-state index contributed by atoms with van der Waals surface area (Å²) in [4.78, 5) is 46.4. The van der Waals surface area contributed by atoms with Crippen molar-refractivity contribution >= 4 is 28.5 Å². The molecule has 2 fully saturated rings. The molecule has 1 aliphatic heterocycles. The van der Waals surface area contributed by atoms with Gasteiger partial charge < -0.3 is 24.3 Å². The molecule has 1 unspecified atom stereocenters. The molecule has 1 aromatic carbocycles. The minimum absolute atomic E-state index is 0.0310. The first kappa shape index (κ1) is 24.3. The van der Waals surface area contributed by atoms with E-state index in [1.165, 1.54) is 11.3 Å². The number of Topliss-reactive ketones (excluding diaryl/α,β-unsaturated/α-hetero) is 1. The maximum absolute atomic E-state index is 13.5. The van der Waals surface area contributed by atoms with Crippen LogP contribution in [0.5, 0.6) is 5.75 Å². The Labute approximate surface area is 200 Å². The van der Waals surface area contributed by atoms with Crippen molar-refractivity contribution in [1.82, 2.24) is 14.8 Å². The molecule has 0 radical (unpaired) electrons. The lowest BCUT2D eigenvalue weighted by Gasteiger charge is -2.31. The monoisotopic (exact) mass is 469 g/mol. The van der Waals surface area contributed by atoms with Gasteiger partial charge >= 0.3 is 0 Å². The van der Waals surface area contributed by atoms with Crippen molar-refractivity contribution in [3.63, 3.8) is 0 Å². The Bertz CT molecular complexity index is 1030. The van der Waals surface area contributed by atoms with E-state index in [0.29, 0.717) is 42.3 Å². The van der Waals surface area contributed by atoms with Crippen LogP contribution in [0, 0.1) is 5.92 Å². The Morgan fingerprint density at radius 2 is 1.88 bits per heavy atom. The van der Waals surface area contributed by atoms with Crippen molar-refractivity contribution in [2.45, 2.75) is 51.0 Å². The van der Waals surface area contributed by atoms with E-state index in [1.807, 2.05) is 4.90 Å². The van der Waals surface area contributed by atoms with Crippen LogP contribution in [0.1, 0.15) is 55.3 Å². The average Bonchev–Trinajstić information content (AvgIpc) is 3.50. The molecular formula is C26H35N3O5. The highest BCUT2D eigenvalue weighted by molar-refractivity contribution is 6.45. The van der Waals surface area contributed by atoms with Gasteiger partial charge in [-0.2, -0.15) is 0 Å². The van der Waals surface area contributed by atoms with Gasteiger partial charge in [-0.1, -0.05) is 19.3 Å². The van der Waals surface area contributed by atoms with Crippen molar-refractivity contribution < 1.29 is 23.9 Å². The Hall–Kier alpha value is -2.87. The third-order valence-corrected chi connectivity index (χ3v) is 7.20. The van der Waals surface area contributed by atoms with Crippen molar-refractivity contribution in [2.24, 2.45) is 5.92 Å². The van der Waals surface area contributed by atoms with Gasteiger partial charge in [-0.05, 0) is 43.7 Å². The molecule has 34 heavy (non-hydrogen) atoms. The zero-order chi connectivity index (χ0) is 24.1. The fourth-order valence-corrected chi connectivity index (χ4v) is 5.36. The van der Waals surface area contributed by atoms with Crippen LogP contribution in [0.15, 0.2) is 24.4 Å². The predicted molar refractivity (Wildman–Crippen MR) is 129 cm³/mol. The van der Waals surface area contributed by atoms with Gasteiger partial charge in [0.15, 0.2) is 0 Å². The van der Waals surface area contributed by atoms with Crippen LogP contribution in [-0.2, 0) is 14.3 Å². The average molecular weight is 470 g/mol. The van der Waals surface area contributed by atoms with Gasteiger partial charge in [0, 0.05) is 43.4 Å². The summed E-state index contributed by atoms with van der Waals surface area (Å²) in [7, 11) is 3.22. The maximum Gasteiger partial charge on any atom is 0.295 e. The lowest BCUT2D eigenvalue weighted by molar-refractivity contribution is -0.139. The number of hydrogen-bond acceptors (Lipinski definition) is 5. The Morgan fingerprint density at radius 1 is 1.09 bits per heavy atom. The first-order valence-electron chi connectivity index (χ1n) is 12.3. The van der Waals surface area contributed by atoms with E-state index >= 15 is 0 Å². The Kier molecular flexibility index (Phi) is 7.88. The number of carbonyl (C=O) groups is 3. The lowest BCUT2D eigenvalue weighted by atomic mass is 9.89. The predicted octanol–water partition coefficient (Wildman–Crippen LogP) is 3.41. The van der Waals surface area contributed by atoms with E-state index in [-0.39, 0.29) is 18.5 Å². The van der Waals surface area contributed by atoms with Crippen molar-refractivity contribution in [2.75, 3.05) is 40.5 Å². The number of methoxy groups -OCH3 is 2. The lowest BCUT2D eigenvalue weighted by Crippen LogP contribution is -2.48. The first-order valence-corrected chi connectivity index (χ1v) is 12.3. The number of ketones is 1. The summed E-state index contributed by atoms with van der Waals surface area (Å²) >= 11 is 0. The minimum atomic E-state index is -0.613. The molecule has 2 aliphatic rings. The number of amides is 2. The quantitative estimate of drug-likeness (QED) is 0.449. The van der Waals surface area contributed by atoms with E-state index in [2.05, 4.69) is 4.98 Å². The van der Waals surface area contributed by atoms with Gasteiger partial charge in [-0.15, -0.1) is 0 Å². The number of aromatic amines is 1.